The van der Waals surface area contributed by atoms with Gasteiger partial charge in [-0.1, -0.05) is 29.8 Å². The van der Waals surface area contributed by atoms with Gasteiger partial charge in [0.2, 0.25) is 0 Å². The summed E-state index contributed by atoms with van der Waals surface area (Å²) in [5.74, 6) is -1.32. The highest BCUT2D eigenvalue weighted by atomic mass is 79.9. The molecular weight excluding hydrogens is 474 g/mol. The number of ketones is 1. The van der Waals surface area contributed by atoms with Gasteiger partial charge in [0, 0.05) is 11.3 Å². The lowest BCUT2D eigenvalue weighted by Gasteiger charge is -2.25. The number of halogens is 1. The molecule has 3 aromatic carbocycles. The van der Waals surface area contributed by atoms with Crippen LogP contribution >= 0.6 is 15.9 Å². The summed E-state index contributed by atoms with van der Waals surface area (Å²) in [4.78, 5) is 27.6. The molecule has 0 aliphatic carbocycles. The molecule has 1 atom stereocenters. The summed E-state index contributed by atoms with van der Waals surface area (Å²) >= 11 is 3.38. The van der Waals surface area contributed by atoms with Gasteiger partial charge >= 0.3 is 0 Å². The number of rotatable bonds is 4. The number of phenolic OH excluding ortho intramolecular Hbond substituents is 1. The first-order chi connectivity index (χ1) is 15.3. The van der Waals surface area contributed by atoms with Crippen molar-refractivity contribution in [2.45, 2.75) is 13.0 Å². The summed E-state index contributed by atoms with van der Waals surface area (Å²) in [6.45, 7) is 1.92. The first-order valence-corrected chi connectivity index (χ1v) is 10.6. The minimum absolute atomic E-state index is 0.0100. The Labute approximate surface area is 193 Å². The molecule has 162 valence electrons. The molecule has 0 spiro atoms. The number of aryl methyl sites for hydroxylation is 1. The first-order valence-electron chi connectivity index (χ1n) is 9.82. The van der Waals surface area contributed by atoms with Gasteiger partial charge in [-0.05, 0) is 70.9 Å². The second kappa shape index (κ2) is 8.51. The number of nitrogens with zero attached hydrogens (tertiary/aromatic N) is 1. The van der Waals surface area contributed by atoms with Crippen LogP contribution in [0.15, 0.2) is 76.8 Å². The van der Waals surface area contributed by atoms with Crippen LogP contribution in [0, 0.1) is 6.92 Å². The number of hydrogen-bond donors (Lipinski definition) is 2. The monoisotopic (exact) mass is 493 g/mol. The summed E-state index contributed by atoms with van der Waals surface area (Å²) in [5.41, 5.74) is 2.31. The van der Waals surface area contributed by atoms with Gasteiger partial charge in [-0.2, -0.15) is 0 Å². The average Bonchev–Trinajstić information content (AvgIpc) is 3.04. The van der Waals surface area contributed by atoms with Gasteiger partial charge in [-0.15, -0.1) is 0 Å². The van der Waals surface area contributed by atoms with E-state index in [4.69, 9.17) is 4.74 Å². The van der Waals surface area contributed by atoms with Crippen LogP contribution < -0.4 is 9.64 Å². The van der Waals surface area contributed by atoms with Crippen LogP contribution in [0.25, 0.3) is 5.76 Å². The number of aliphatic hydroxyl groups is 1. The third-order valence-electron chi connectivity index (χ3n) is 5.37. The van der Waals surface area contributed by atoms with E-state index in [1.54, 1.807) is 42.5 Å². The molecule has 0 radical (unpaired) electrons. The highest BCUT2D eigenvalue weighted by molar-refractivity contribution is 9.10. The maximum absolute atomic E-state index is 13.1. The lowest BCUT2D eigenvalue weighted by molar-refractivity contribution is -0.132. The molecule has 1 amide bonds. The fraction of sp³-hybridized carbons (Fsp3) is 0.120. The van der Waals surface area contributed by atoms with Crippen molar-refractivity contribution in [1.82, 2.24) is 0 Å². The molecular formula is C25H20BrNO5. The third-order valence-corrected chi connectivity index (χ3v) is 5.99. The van der Waals surface area contributed by atoms with Crippen molar-refractivity contribution in [3.63, 3.8) is 0 Å². The van der Waals surface area contributed by atoms with Crippen LogP contribution in [0.3, 0.4) is 0 Å². The zero-order valence-electron chi connectivity index (χ0n) is 17.4. The number of Topliss-reactive ketones (excluding diaryl/α,β-unsaturated/α-hetero) is 1. The molecule has 1 saturated heterocycles. The van der Waals surface area contributed by atoms with Gasteiger partial charge < -0.3 is 14.9 Å². The number of methoxy groups -OCH3 is 1. The standard InChI is InChI=1S/C25H20BrNO5/c1-14-6-9-17(10-7-14)27-22(15-4-3-5-18(28)12-15)21(24(30)25(27)31)23(29)16-8-11-20(32-2)19(26)13-16/h3-13,22,28-29H,1-2H3/b23-21-. The predicted molar refractivity (Wildman–Crippen MR) is 125 cm³/mol. The molecule has 2 N–H and O–H groups in total. The molecule has 1 aliphatic heterocycles. The van der Waals surface area contributed by atoms with Crippen molar-refractivity contribution >= 4 is 39.1 Å². The Morgan fingerprint density at radius 2 is 1.75 bits per heavy atom. The molecule has 0 bridgehead atoms. The molecule has 1 fully saturated rings. The normalized spacial score (nSPS) is 17.6. The number of benzene rings is 3. The fourth-order valence-corrected chi connectivity index (χ4v) is 4.32. The second-order valence-corrected chi connectivity index (χ2v) is 8.30. The summed E-state index contributed by atoms with van der Waals surface area (Å²) in [6, 6.07) is 17.5. The maximum Gasteiger partial charge on any atom is 0.300 e. The molecule has 32 heavy (non-hydrogen) atoms. The van der Waals surface area contributed by atoms with E-state index < -0.39 is 17.7 Å². The SMILES string of the molecule is COc1ccc(/C(O)=C2/C(=O)C(=O)N(c3ccc(C)cc3)C2c2cccc(O)c2)cc1Br. The Morgan fingerprint density at radius 1 is 1.03 bits per heavy atom. The van der Waals surface area contributed by atoms with E-state index in [9.17, 15) is 19.8 Å². The first kappa shape index (κ1) is 21.6. The van der Waals surface area contributed by atoms with E-state index in [1.807, 2.05) is 19.1 Å². The number of ether oxygens (including phenoxy) is 1. The maximum atomic E-state index is 13.1. The average molecular weight is 494 g/mol. The van der Waals surface area contributed by atoms with Crippen molar-refractivity contribution in [3.8, 4) is 11.5 Å². The summed E-state index contributed by atoms with van der Waals surface area (Å²) in [5, 5.41) is 21.2. The van der Waals surface area contributed by atoms with Crippen LogP contribution in [-0.4, -0.2) is 29.0 Å². The fourth-order valence-electron chi connectivity index (χ4n) is 3.78. The summed E-state index contributed by atoms with van der Waals surface area (Å²) < 4.78 is 5.82. The van der Waals surface area contributed by atoms with Crippen LogP contribution in [-0.2, 0) is 9.59 Å². The number of anilines is 1. The van der Waals surface area contributed by atoms with Gasteiger partial charge in [-0.3, -0.25) is 14.5 Å². The van der Waals surface area contributed by atoms with Crippen molar-refractivity contribution in [3.05, 3.63) is 93.5 Å². The molecule has 1 aliphatic rings. The van der Waals surface area contributed by atoms with E-state index in [1.165, 1.54) is 24.1 Å². The number of hydrogen-bond acceptors (Lipinski definition) is 5. The van der Waals surface area contributed by atoms with Crippen molar-refractivity contribution in [2.24, 2.45) is 0 Å². The second-order valence-electron chi connectivity index (χ2n) is 7.45. The molecule has 1 heterocycles. The number of aliphatic hydroxyl groups excluding tert-OH is 1. The highest BCUT2D eigenvalue weighted by Crippen LogP contribution is 2.43. The van der Waals surface area contributed by atoms with Gasteiger partial charge in [-0.25, -0.2) is 0 Å². The number of phenols is 1. The highest BCUT2D eigenvalue weighted by Gasteiger charge is 2.47. The Bertz CT molecular complexity index is 1250. The minimum Gasteiger partial charge on any atom is -0.508 e. The third kappa shape index (κ3) is 3.76. The number of carbonyl (C=O) groups is 2. The van der Waals surface area contributed by atoms with E-state index in [0.29, 0.717) is 27.0 Å². The van der Waals surface area contributed by atoms with Crippen molar-refractivity contribution in [1.29, 1.82) is 0 Å². The van der Waals surface area contributed by atoms with Gasteiger partial charge in [0.25, 0.3) is 11.7 Å². The smallest absolute Gasteiger partial charge is 0.300 e. The van der Waals surface area contributed by atoms with Crippen LogP contribution in [0.5, 0.6) is 11.5 Å². The Balaban J connectivity index is 1.94. The lowest BCUT2D eigenvalue weighted by atomic mass is 9.95. The van der Waals surface area contributed by atoms with E-state index >= 15 is 0 Å². The summed E-state index contributed by atoms with van der Waals surface area (Å²) in [7, 11) is 1.52. The summed E-state index contributed by atoms with van der Waals surface area (Å²) in [6.07, 6.45) is 0. The van der Waals surface area contributed by atoms with Crippen molar-refractivity contribution < 1.29 is 24.5 Å². The largest absolute Gasteiger partial charge is 0.508 e. The minimum atomic E-state index is -0.911. The van der Waals surface area contributed by atoms with Gasteiger partial charge in [0.1, 0.15) is 17.3 Å². The van der Waals surface area contributed by atoms with Crippen LogP contribution in [0.1, 0.15) is 22.7 Å². The van der Waals surface area contributed by atoms with E-state index in [-0.39, 0.29) is 17.1 Å². The molecule has 3 aromatic rings. The molecule has 1 unspecified atom stereocenters. The van der Waals surface area contributed by atoms with Crippen LogP contribution in [0.4, 0.5) is 5.69 Å². The number of aromatic hydroxyl groups is 1. The number of carbonyl (C=O) groups excluding carboxylic acids is 2. The molecule has 0 saturated carbocycles. The van der Waals surface area contributed by atoms with Crippen LogP contribution in [0.2, 0.25) is 0 Å². The molecule has 6 nitrogen and oxygen atoms in total. The topological polar surface area (TPSA) is 87.1 Å². The predicted octanol–water partition coefficient (Wildman–Crippen LogP) is 5.10. The Morgan fingerprint density at radius 3 is 2.38 bits per heavy atom. The molecule has 4 rings (SSSR count). The van der Waals surface area contributed by atoms with Gasteiger partial charge in [0.05, 0.1) is 23.2 Å². The quantitative estimate of drug-likeness (QED) is 0.300. The van der Waals surface area contributed by atoms with Crippen molar-refractivity contribution in [2.75, 3.05) is 12.0 Å². The lowest BCUT2D eigenvalue weighted by Crippen LogP contribution is -2.29. The Kier molecular flexibility index (Phi) is 5.76. The molecule has 0 aromatic heterocycles. The zero-order chi connectivity index (χ0) is 23.0. The van der Waals surface area contributed by atoms with E-state index in [2.05, 4.69) is 15.9 Å². The zero-order valence-corrected chi connectivity index (χ0v) is 19.0. The molecule has 7 heteroatoms. The van der Waals surface area contributed by atoms with Gasteiger partial charge in [0.15, 0.2) is 0 Å². The number of amides is 1. The van der Waals surface area contributed by atoms with E-state index in [0.717, 1.165) is 5.56 Å². The Hall–Kier alpha value is -3.58.